The van der Waals surface area contributed by atoms with E-state index in [0.717, 1.165) is 45.7 Å². The van der Waals surface area contributed by atoms with Crippen LogP contribution in [0.5, 0.6) is 0 Å². The molecule has 0 N–H and O–H groups in total. The van der Waals surface area contributed by atoms with Crippen molar-refractivity contribution in [1.29, 1.82) is 0 Å². The molecule has 0 saturated heterocycles. The summed E-state index contributed by atoms with van der Waals surface area (Å²) in [6.07, 6.45) is 11.6. The zero-order valence-corrected chi connectivity index (χ0v) is 22.0. The average Bonchev–Trinajstić information content (AvgIpc) is 3.05. The van der Waals surface area contributed by atoms with Crippen molar-refractivity contribution in [2.75, 3.05) is 0 Å². The Hall–Kier alpha value is -5.15. The number of fused-ring (bicyclic) bond motifs is 1. The van der Waals surface area contributed by atoms with Gasteiger partial charge in [0.1, 0.15) is 0 Å². The maximum Gasteiger partial charge on any atom is 0.160 e. The Labute approximate surface area is 234 Å². The van der Waals surface area contributed by atoms with Crippen LogP contribution in [0.2, 0.25) is 0 Å². The lowest BCUT2D eigenvalue weighted by Gasteiger charge is -2.19. The lowest BCUT2D eigenvalue weighted by Crippen LogP contribution is -2.05. The number of benzene rings is 4. The first-order valence-electron chi connectivity index (χ1n) is 13.6. The Morgan fingerprint density at radius 3 is 2.17 bits per heavy atom. The van der Waals surface area contributed by atoms with Crippen molar-refractivity contribution < 1.29 is 0 Å². The highest BCUT2D eigenvalue weighted by Gasteiger charge is 2.19. The molecule has 1 unspecified atom stereocenters. The second-order valence-corrected chi connectivity index (χ2v) is 10.1. The van der Waals surface area contributed by atoms with Gasteiger partial charge in [0.15, 0.2) is 5.82 Å². The van der Waals surface area contributed by atoms with E-state index in [4.69, 9.17) is 9.97 Å². The van der Waals surface area contributed by atoms with Crippen molar-refractivity contribution in [3.63, 3.8) is 0 Å². The van der Waals surface area contributed by atoms with E-state index in [1.54, 1.807) is 0 Å². The first-order chi connectivity index (χ1) is 19.8. The average molecular weight is 514 g/mol. The van der Waals surface area contributed by atoms with Gasteiger partial charge in [-0.3, -0.25) is 4.98 Å². The maximum atomic E-state index is 5.12. The highest BCUT2D eigenvalue weighted by molar-refractivity contribution is 5.95. The molecule has 0 bridgehead atoms. The van der Waals surface area contributed by atoms with Gasteiger partial charge in [-0.05, 0) is 40.6 Å². The lowest BCUT2D eigenvalue weighted by molar-refractivity contribution is 0.814. The molecule has 0 fully saturated rings. The van der Waals surface area contributed by atoms with E-state index in [1.165, 1.54) is 22.1 Å². The van der Waals surface area contributed by atoms with E-state index in [0.29, 0.717) is 0 Å². The van der Waals surface area contributed by atoms with Gasteiger partial charge in [0.25, 0.3) is 0 Å². The fraction of sp³-hybridized carbons (Fsp3) is 0.0541. The standard InChI is InChI=1S/C37H27N3/c1-3-11-26(12-4-1)28-16-9-18-30(21-28)35-23-36(40-37(39-35)27-13-5-2-6-14-27)31-19-10-17-29(22-31)34-25-38-24-32-15-7-8-20-33(32)34/h1-18,20-25,31H,19H2. The van der Waals surface area contributed by atoms with Crippen molar-refractivity contribution in [3.8, 4) is 33.8 Å². The minimum atomic E-state index is 0.125. The SMILES string of the molecule is C1=CC(c2cncc3ccccc23)=CC(c2cc(-c3cccc(-c4ccccc4)c3)nc(-c3ccccc3)n2)C1. The van der Waals surface area contributed by atoms with Crippen LogP contribution in [-0.2, 0) is 0 Å². The molecule has 1 aliphatic rings. The molecule has 3 nitrogen and oxygen atoms in total. The van der Waals surface area contributed by atoms with Gasteiger partial charge in [-0.15, -0.1) is 0 Å². The smallest absolute Gasteiger partial charge is 0.160 e. The van der Waals surface area contributed by atoms with E-state index in [2.05, 4.69) is 114 Å². The number of allylic oxidation sites excluding steroid dienone is 4. The van der Waals surface area contributed by atoms with Gasteiger partial charge in [0, 0.05) is 40.4 Å². The van der Waals surface area contributed by atoms with Crippen LogP contribution < -0.4 is 0 Å². The molecule has 1 atom stereocenters. The summed E-state index contributed by atoms with van der Waals surface area (Å²) in [6, 6.07) is 39.9. The van der Waals surface area contributed by atoms with Gasteiger partial charge in [-0.2, -0.15) is 0 Å². The van der Waals surface area contributed by atoms with E-state index < -0.39 is 0 Å². The van der Waals surface area contributed by atoms with Crippen LogP contribution in [0.25, 0.3) is 50.1 Å². The minimum Gasteiger partial charge on any atom is -0.263 e. The predicted molar refractivity (Wildman–Crippen MR) is 165 cm³/mol. The van der Waals surface area contributed by atoms with Crippen LogP contribution in [0.3, 0.4) is 0 Å². The molecule has 0 amide bonds. The first kappa shape index (κ1) is 23.9. The second kappa shape index (κ2) is 10.5. The van der Waals surface area contributed by atoms with Crippen molar-refractivity contribution in [2.24, 2.45) is 0 Å². The van der Waals surface area contributed by atoms with Gasteiger partial charge < -0.3 is 0 Å². The van der Waals surface area contributed by atoms with Crippen LogP contribution >= 0.6 is 0 Å². The summed E-state index contributed by atoms with van der Waals surface area (Å²) in [5.41, 5.74) is 8.72. The number of pyridine rings is 1. The zero-order chi connectivity index (χ0) is 26.7. The molecule has 0 saturated carbocycles. The Morgan fingerprint density at radius 2 is 1.32 bits per heavy atom. The van der Waals surface area contributed by atoms with E-state index in [1.807, 2.05) is 36.7 Å². The summed E-state index contributed by atoms with van der Waals surface area (Å²) in [4.78, 5) is 14.7. The van der Waals surface area contributed by atoms with Gasteiger partial charge in [0.05, 0.1) is 11.4 Å². The highest BCUT2D eigenvalue weighted by atomic mass is 14.9. The Kier molecular flexibility index (Phi) is 6.31. The highest BCUT2D eigenvalue weighted by Crippen LogP contribution is 2.35. The molecule has 2 aromatic heterocycles. The van der Waals surface area contributed by atoms with E-state index in [-0.39, 0.29) is 5.92 Å². The van der Waals surface area contributed by atoms with Crippen LogP contribution in [0.15, 0.2) is 146 Å². The first-order valence-corrected chi connectivity index (χ1v) is 13.6. The normalized spacial score (nSPS) is 14.7. The second-order valence-electron chi connectivity index (χ2n) is 10.1. The summed E-state index contributed by atoms with van der Waals surface area (Å²) in [5.74, 6) is 0.870. The van der Waals surface area contributed by atoms with Crippen molar-refractivity contribution in [1.82, 2.24) is 15.0 Å². The molecule has 0 spiro atoms. The van der Waals surface area contributed by atoms with E-state index in [9.17, 15) is 0 Å². The minimum absolute atomic E-state index is 0.125. The monoisotopic (exact) mass is 513 g/mol. The molecule has 3 heteroatoms. The molecule has 40 heavy (non-hydrogen) atoms. The summed E-state index contributed by atoms with van der Waals surface area (Å²) < 4.78 is 0. The van der Waals surface area contributed by atoms with Crippen LogP contribution in [0.1, 0.15) is 23.6 Å². The fourth-order valence-electron chi connectivity index (χ4n) is 5.42. The molecular formula is C37H27N3. The third kappa shape index (κ3) is 4.74. The van der Waals surface area contributed by atoms with Crippen molar-refractivity contribution in [2.45, 2.75) is 12.3 Å². The lowest BCUT2D eigenvalue weighted by atomic mass is 9.88. The number of hydrogen-bond acceptors (Lipinski definition) is 3. The quantitative estimate of drug-likeness (QED) is 0.231. The van der Waals surface area contributed by atoms with Crippen molar-refractivity contribution in [3.05, 3.63) is 157 Å². The predicted octanol–water partition coefficient (Wildman–Crippen LogP) is 9.15. The molecule has 6 aromatic rings. The van der Waals surface area contributed by atoms with Crippen LogP contribution in [-0.4, -0.2) is 15.0 Å². The topological polar surface area (TPSA) is 38.7 Å². The Morgan fingerprint density at radius 1 is 0.600 bits per heavy atom. The number of hydrogen-bond donors (Lipinski definition) is 0. The van der Waals surface area contributed by atoms with Gasteiger partial charge in [0.2, 0.25) is 0 Å². The molecule has 2 heterocycles. The van der Waals surface area contributed by atoms with Gasteiger partial charge in [-0.25, -0.2) is 9.97 Å². The number of nitrogens with zero attached hydrogens (tertiary/aromatic N) is 3. The van der Waals surface area contributed by atoms with E-state index >= 15 is 0 Å². The summed E-state index contributed by atoms with van der Waals surface area (Å²) in [5, 5.41) is 2.35. The maximum absolute atomic E-state index is 5.12. The molecule has 190 valence electrons. The summed E-state index contributed by atoms with van der Waals surface area (Å²) in [6.45, 7) is 0. The Bertz CT molecular complexity index is 1870. The summed E-state index contributed by atoms with van der Waals surface area (Å²) in [7, 11) is 0. The molecule has 0 radical (unpaired) electrons. The summed E-state index contributed by atoms with van der Waals surface area (Å²) >= 11 is 0. The molecule has 7 rings (SSSR count). The number of rotatable bonds is 5. The largest absolute Gasteiger partial charge is 0.263 e. The van der Waals surface area contributed by atoms with Gasteiger partial charge in [-0.1, -0.05) is 121 Å². The molecular weight excluding hydrogens is 486 g/mol. The third-order valence-corrected chi connectivity index (χ3v) is 7.47. The molecule has 4 aromatic carbocycles. The van der Waals surface area contributed by atoms with Crippen LogP contribution in [0.4, 0.5) is 0 Å². The third-order valence-electron chi connectivity index (χ3n) is 7.47. The number of aromatic nitrogens is 3. The molecule has 0 aliphatic heterocycles. The van der Waals surface area contributed by atoms with Crippen molar-refractivity contribution >= 4 is 16.3 Å². The van der Waals surface area contributed by atoms with Gasteiger partial charge >= 0.3 is 0 Å². The zero-order valence-electron chi connectivity index (χ0n) is 22.0. The molecule has 1 aliphatic carbocycles. The van der Waals surface area contributed by atoms with Crippen LogP contribution in [0, 0.1) is 0 Å². The fourth-order valence-corrected chi connectivity index (χ4v) is 5.42. The Balaban J connectivity index is 1.34.